The van der Waals surface area contributed by atoms with Crippen LogP contribution in [0.1, 0.15) is 50.7 Å². The van der Waals surface area contributed by atoms with Gasteiger partial charge in [0, 0.05) is 25.2 Å². The van der Waals surface area contributed by atoms with Gasteiger partial charge in [-0.3, -0.25) is 4.90 Å². The van der Waals surface area contributed by atoms with Crippen molar-refractivity contribution in [3.05, 3.63) is 47.5 Å². The lowest BCUT2D eigenvalue weighted by molar-refractivity contribution is 0.0154. The van der Waals surface area contributed by atoms with Crippen molar-refractivity contribution in [1.82, 2.24) is 14.5 Å². The highest BCUT2D eigenvalue weighted by molar-refractivity contribution is 5.69. The minimum Gasteiger partial charge on any atom is -0.497 e. The predicted octanol–water partition coefficient (Wildman–Crippen LogP) is 3.79. The molecule has 2 heterocycles. The zero-order valence-corrected chi connectivity index (χ0v) is 16.2. The molecule has 140 valence electrons. The molecule has 0 aliphatic carbocycles. The summed E-state index contributed by atoms with van der Waals surface area (Å²) in [6.07, 6.45) is 2.36. The van der Waals surface area contributed by atoms with E-state index in [9.17, 15) is 4.79 Å². The summed E-state index contributed by atoms with van der Waals surface area (Å²) in [7, 11) is 1.67. The van der Waals surface area contributed by atoms with Crippen LogP contribution in [0.3, 0.4) is 0 Å². The lowest BCUT2D eigenvalue weighted by atomic mass is 10.0. The normalized spacial score (nSPS) is 17.0. The quantitative estimate of drug-likeness (QED) is 0.838. The van der Waals surface area contributed by atoms with Crippen LogP contribution in [0.2, 0.25) is 0 Å². The lowest BCUT2D eigenvalue weighted by Gasteiger charge is -2.34. The Hall–Kier alpha value is -2.50. The van der Waals surface area contributed by atoms with E-state index in [1.54, 1.807) is 12.0 Å². The van der Waals surface area contributed by atoms with E-state index in [2.05, 4.69) is 21.7 Å². The Bertz CT molecular complexity index is 775. The largest absolute Gasteiger partial charge is 0.497 e. The second-order valence-electron chi connectivity index (χ2n) is 7.65. The van der Waals surface area contributed by atoms with Gasteiger partial charge in [0.1, 0.15) is 11.4 Å². The van der Waals surface area contributed by atoms with Gasteiger partial charge in [-0.05, 0) is 45.4 Å². The van der Waals surface area contributed by atoms with Crippen LogP contribution >= 0.6 is 0 Å². The number of methoxy groups -OCH3 is 1. The maximum Gasteiger partial charge on any atom is 0.410 e. The third-order valence-electron chi connectivity index (χ3n) is 4.57. The van der Waals surface area contributed by atoms with Gasteiger partial charge in [0.2, 0.25) is 0 Å². The predicted molar refractivity (Wildman–Crippen MR) is 99.4 cm³/mol. The fraction of sp³-hybridized carbons (Fsp3) is 0.500. The number of benzene rings is 1. The molecule has 1 amide bonds. The molecule has 26 heavy (non-hydrogen) atoms. The second-order valence-corrected chi connectivity index (χ2v) is 7.65. The third-order valence-corrected chi connectivity index (χ3v) is 4.57. The first kappa shape index (κ1) is 18.3. The highest BCUT2D eigenvalue weighted by Gasteiger charge is 2.33. The van der Waals surface area contributed by atoms with Crippen LogP contribution < -0.4 is 4.74 Å². The van der Waals surface area contributed by atoms with Gasteiger partial charge >= 0.3 is 6.09 Å². The summed E-state index contributed by atoms with van der Waals surface area (Å²) in [5.41, 5.74) is 2.84. The number of rotatable bonds is 3. The Morgan fingerprint density at radius 1 is 1.27 bits per heavy atom. The van der Waals surface area contributed by atoms with Crippen LogP contribution in [0.25, 0.3) is 0 Å². The standard InChI is InChI=1S/C20H27N3O3/c1-14-18-17(10-11-23(14)19(24)26-20(2,3)4)22(13-21-18)12-15-6-8-16(25-5)9-7-15/h6-9,13-14H,10-12H2,1-5H3/t14-/m0/s1. The van der Waals surface area contributed by atoms with Crippen LogP contribution in [0.15, 0.2) is 30.6 Å². The van der Waals surface area contributed by atoms with Gasteiger partial charge in [0.05, 0.1) is 25.2 Å². The first-order valence-electron chi connectivity index (χ1n) is 8.95. The van der Waals surface area contributed by atoms with Crippen molar-refractivity contribution >= 4 is 6.09 Å². The van der Waals surface area contributed by atoms with E-state index in [1.807, 2.05) is 46.2 Å². The first-order chi connectivity index (χ1) is 12.3. The molecule has 0 bridgehead atoms. The lowest BCUT2D eigenvalue weighted by Crippen LogP contribution is -2.42. The number of amides is 1. The van der Waals surface area contributed by atoms with Gasteiger partial charge in [0.25, 0.3) is 0 Å². The minimum absolute atomic E-state index is 0.0919. The van der Waals surface area contributed by atoms with Crippen molar-refractivity contribution in [3.63, 3.8) is 0 Å². The van der Waals surface area contributed by atoms with Gasteiger partial charge < -0.3 is 14.0 Å². The van der Waals surface area contributed by atoms with Crippen molar-refractivity contribution in [1.29, 1.82) is 0 Å². The molecule has 0 fully saturated rings. The highest BCUT2D eigenvalue weighted by atomic mass is 16.6. The highest BCUT2D eigenvalue weighted by Crippen LogP contribution is 2.30. The van der Waals surface area contributed by atoms with E-state index in [-0.39, 0.29) is 12.1 Å². The molecule has 0 radical (unpaired) electrons. The SMILES string of the molecule is COc1ccc(Cn2cnc3c2CCN(C(=O)OC(C)(C)C)[C@H]3C)cc1. The van der Waals surface area contributed by atoms with Crippen LogP contribution in [0.5, 0.6) is 5.75 Å². The van der Waals surface area contributed by atoms with Crippen molar-refractivity contribution in [2.24, 2.45) is 0 Å². The molecule has 1 aliphatic rings. The average Bonchev–Trinajstić information content (AvgIpc) is 2.98. The first-order valence-corrected chi connectivity index (χ1v) is 8.95. The summed E-state index contributed by atoms with van der Waals surface area (Å²) in [6.45, 7) is 9.05. The van der Waals surface area contributed by atoms with E-state index >= 15 is 0 Å². The Labute approximate surface area is 154 Å². The van der Waals surface area contributed by atoms with E-state index in [0.717, 1.165) is 24.4 Å². The molecular formula is C20H27N3O3. The molecule has 0 N–H and O–H groups in total. The van der Waals surface area contributed by atoms with E-state index < -0.39 is 5.60 Å². The third kappa shape index (κ3) is 3.84. The van der Waals surface area contributed by atoms with Crippen molar-refractivity contribution in [3.8, 4) is 5.75 Å². The number of nitrogens with zero attached hydrogens (tertiary/aromatic N) is 3. The monoisotopic (exact) mass is 357 g/mol. The number of ether oxygens (including phenoxy) is 2. The maximum atomic E-state index is 12.4. The zero-order chi connectivity index (χ0) is 18.9. The summed E-state index contributed by atoms with van der Waals surface area (Å²) in [6, 6.07) is 7.96. The smallest absolute Gasteiger partial charge is 0.410 e. The molecule has 1 aromatic heterocycles. The summed E-state index contributed by atoms with van der Waals surface area (Å²) in [4.78, 5) is 18.8. The second kappa shape index (κ2) is 7.02. The fourth-order valence-electron chi connectivity index (χ4n) is 3.25. The fourth-order valence-corrected chi connectivity index (χ4v) is 3.25. The molecule has 1 atom stereocenters. The van der Waals surface area contributed by atoms with Crippen LogP contribution in [-0.4, -0.2) is 39.8 Å². The topological polar surface area (TPSA) is 56.6 Å². The summed E-state index contributed by atoms with van der Waals surface area (Å²) in [5.74, 6) is 0.850. The number of aromatic nitrogens is 2. The molecule has 1 aliphatic heterocycles. The number of fused-ring (bicyclic) bond motifs is 1. The molecule has 6 nitrogen and oxygen atoms in total. The number of hydrogen-bond acceptors (Lipinski definition) is 4. The minimum atomic E-state index is -0.495. The molecule has 2 aromatic rings. The Balaban J connectivity index is 1.75. The number of carbonyl (C=O) groups excluding carboxylic acids is 1. The van der Waals surface area contributed by atoms with Crippen LogP contribution in [0.4, 0.5) is 4.79 Å². The van der Waals surface area contributed by atoms with Gasteiger partial charge in [-0.1, -0.05) is 12.1 Å². The van der Waals surface area contributed by atoms with Gasteiger partial charge in [-0.25, -0.2) is 9.78 Å². The summed E-state index contributed by atoms with van der Waals surface area (Å²) >= 11 is 0. The van der Waals surface area contributed by atoms with Crippen LogP contribution in [-0.2, 0) is 17.7 Å². The van der Waals surface area contributed by atoms with Crippen LogP contribution in [0, 0.1) is 0 Å². The Morgan fingerprint density at radius 2 is 1.96 bits per heavy atom. The Kier molecular flexibility index (Phi) is 4.94. The summed E-state index contributed by atoms with van der Waals surface area (Å²) < 4.78 is 12.9. The molecule has 0 saturated carbocycles. The van der Waals surface area contributed by atoms with Crippen molar-refractivity contribution in [2.75, 3.05) is 13.7 Å². The average molecular weight is 357 g/mol. The maximum absolute atomic E-state index is 12.4. The zero-order valence-electron chi connectivity index (χ0n) is 16.2. The Morgan fingerprint density at radius 3 is 2.58 bits per heavy atom. The number of hydrogen-bond donors (Lipinski definition) is 0. The van der Waals surface area contributed by atoms with E-state index in [0.29, 0.717) is 6.54 Å². The molecule has 0 spiro atoms. The molecule has 1 aromatic carbocycles. The molecule has 6 heteroatoms. The van der Waals surface area contributed by atoms with Gasteiger partial charge in [-0.2, -0.15) is 0 Å². The number of carbonyl (C=O) groups is 1. The van der Waals surface area contributed by atoms with Crippen molar-refractivity contribution < 1.29 is 14.3 Å². The van der Waals surface area contributed by atoms with Crippen molar-refractivity contribution in [2.45, 2.75) is 52.3 Å². The number of imidazole rings is 1. The molecule has 3 rings (SSSR count). The molecule has 0 saturated heterocycles. The molecule has 0 unspecified atom stereocenters. The summed E-state index contributed by atoms with van der Waals surface area (Å²) in [5, 5.41) is 0. The van der Waals surface area contributed by atoms with Gasteiger partial charge in [0.15, 0.2) is 0 Å². The van der Waals surface area contributed by atoms with E-state index in [4.69, 9.17) is 9.47 Å². The van der Waals surface area contributed by atoms with Gasteiger partial charge in [-0.15, -0.1) is 0 Å². The molecular weight excluding hydrogens is 330 g/mol. The van der Waals surface area contributed by atoms with E-state index in [1.165, 1.54) is 11.3 Å².